The summed E-state index contributed by atoms with van der Waals surface area (Å²) >= 11 is 6.34. The van der Waals surface area contributed by atoms with Crippen molar-refractivity contribution in [1.82, 2.24) is 16.0 Å². The monoisotopic (exact) mass is 557 g/mol. The number of benzene rings is 2. The van der Waals surface area contributed by atoms with E-state index in [4.69, 9.17) is 21.1 Å². The Morgan fingerprint density at radius 3 is 2.72 bits per heavy atom. The van der Waals surface area contributed by atoms with Crippen molar-refractivity contribution in [3.05, 3.63) is 63.7 Å². The SMILES string of the molecule is CNC[C@H](CC1CCCCC1)NC(=O)c1cc2c(c(C(OCCNC(=O)OC)c3cccc(Cl)c3)c1)CCO2. The fraction of sp³-hybridized carbons (Fsp3) is 0.533. The highest BCUT2D eigenvalue weighted by Gasteiger charge is 2.28. The number of halogens is 1. The first kappa shape index (κ1) is 29.2. The topological polar surface area (TPSA) is 97.9 Å². The molecule has 9 heteroatoms. The largest absolute Gasteiger partial charge is 0.493 e. The highest BCUT2D eigenvalue weighted by Crippen LogP contribution is 2.38. The van der Waals surface area contributed by atoms with Gasteiger partial charge in [-0.2, -0.15) is 0 Å². The van der Waals surface area contributed by atoms with E-state index in [1.165, 1.54) is 39.2 Å². The van der Waals surface area contributed by atoms with Gasteiger partial charge in [-0.1, -0.05) is 55.8 Å². The lowest BCUT2D eigenvalue weighted by molar-refractivity contribution is 0.0799. The highest BCUT2D eigenvalue weighted by atomic mass is 35.5. The van der Waals surface area contributed by atoms with Crippen LogP contribution < -0.4 is 20.7 Å². The summed E-state index contributed by atoms with van der Waals surface area (Å²) in [6.07, 6.45) is 7.00. The lowest BCUT2D eigenvalue weighted by atomic mass is 9.84. The molecule has 2 aliphatic rings. The predicted molar refractivity (Wildman–Crippen MR) is 152 cm³/mol. The number of hydrogen-bond donors (Lipinski definition) is 3. The molecule has 1 fully saturated rings. The molecule has 2 aromatic carbocycles. The summed E-state index contributed by atoms with van der Waals surface area (Å²) in [5.41, 5.74) is 3.29. The van der Waals surface area contributed by atoms with Gasteiger partial charge >= 0.3 is 6.09 Å². The smallest absolute Gasteiger partial charge is 0.406 e. The second-order valence-electron chi connectivity index (χ2n) is 10.3. The van der Waals surface area contributed by atoms with E-state index < -0.39 is 12.2 Å². The van der Waals surface area contributed by atoms with Gasteiger partial charge in [0.15, 0.2) is 0 Å². The molecule has 3 N–H and O–H groups in total. The number of alkyl carbamates (subject to hydrolysis) is 1. The molecule has 0 saturated heterocycles. The number of rotatable bonds is 12. The molecule has 2 atom stereocenters. The number of carbonyl (C=O) groups is 2. The van der Waals surface area contributed by atoms with Gasteiger partial charge in [0.2, 0.25) is 0 Å². The summed E-state index contributed by atoms with van der Waals surface area (Å²) in [6, 6.07) is 11.3. The van der Waals surface area contributed by atoms with Crippen LogP contribution in [0, 0.1) is 5.92 Å². The third-order valence-electron chi connectivity index (χ3n) is 7.52. The van der Waals surface area contributed by atoms with Gasteiger partial charge in [0.1, 0.15) is 11.9 Å². The van der Waals surface area contributed by atoms with Crippen LogP contribution in [-0.2, 0) is 15.9 Å². The molecule has 1 heterocycles. The Balaban J connectivity index is 1.59. The number of hydrogen-bond acceptors (Lipinski definition) is 6. The van der Waals surface area contributed by atoms with Crippen molar-refractivity contribution in [2.45, 2.75) is 57.1 Å². The summed E-state index contributed by atoms with van der Waals surface area (Å²) in [7, 11) is 3.24. The van der Waals surface area contributed by atoms with Crippen molar-refractivity contribution >= 4 is 23.6 Å². The van der Waals surface area contributed by atoms with Crippen LogP contribution in [0.25, 0.3) is 0 Å². The summed E-state index contributed by atoms with van der Waals surface area (Å²) in [5.74, 6) is 1.23. The zero-order valence-corrected chi connectivity index (χ0v) is 23.6. The number of nitrogens with one attached hydrogen (secondary N) is 3. The first-order chi connectivity index (χ1) is 19.0. The number of ether oxygens (including phenoxy) is 3. The van der Waals surface area contributed by atoms with Gasteiger partial charge in [-0.3, -0.25) is 4.79 Å². The van der Waals surface area contributed by atoms with Crippen LogP contribution in [0.5, 0.6) is 5.75 Å². The zero-order valence-electron chi connectivity index (χ0n) is 22.9. The van der Waals surface area contributed by atoms with Crippen molar-refractivity contribution in [2.75, 3.05) is 40.5 Å². The Bertz CT molecular complexity index is 1120. The first-order valence-electron chi connectivity index (χ1n) is 13.9. The lowest BCUT2D eigenvalue weighted by Gasteiger charge is -2.27. The Hall–Kier alpha value is -2.81. The fourth-order valence-corrected chi connectivity index (χ4v) is 5.86. The summed E-state index contributed by atoms with van der Waals surface area (Å²) in [6.45, 7) is 1.78. The molecular weight excluding hydrogens is 518 g/mol. The van der Waals surface area contributed by atoms with Crippen LogP contribution in [-0.4, -0.2) is 58.5 Å². The van der Waals surface area contributed by atoms with Gasteiger partial charge in [-0.05, 0) is 54.8 Å². The zero-order chi connectivity index (χ0) is 27.6. The Labute approximate surface area is 236 Å². The van der Waals surface area contributed by atoms with Gasteiger partial charge in [-0.15, -0.1) is 0 Å². The fourth-order valence-electron chi connectivity index (χ4n) is 5.66. The van der Waals surface area contributed by atoms with E-state index in [0.717, 1.165) is 36.1 Å². The molecular formula is C30H40ClN3O5. The van der Waals surface area contributed by atoms with Crippen LogP contribution >= 0.6 is 11.6 Å². The van der Waals surface area contributed by atoms with Crippen LogP contribution in [0.2, 0.25) is 5.02 Å². The second-order valence-corrected chi connectivity index (χ2v) is 10.8. The van der Waals surface area contributed by atoms with Gasteiger partial charge in [-0.25, -0.2) is 4.79 Å². The highest BCUT2D eigenvalue weighted by molar-refractivity contribution is 6.30. The normalized spacial score (nSPS) is 16.6. The minimum atomic E-state index is -0.518. The van der Waals surface area contributed by atoms with Crippen LogP contribution in [0.3, 0.4) is 0 Å². The van der Waals surface area contributed by atoms with Crippen molar-refractivity contribution in [1.29, 1.82) is 0 Å². The van der Waals surface area contributed by atoms with E-state index in [9.17, 15) is 9.59 Å². The van der Waals surface area contributed by atoms with Crippen molar-refractivity contribution in [3.8, 4) is 5.75 Å². The second kappa shape index (κ2) is 14.5. The van der Waals surface area contributed by atoms with E-state index in [1.807, 2.05) is 43.4 Å². The third kappa shape index (κ3) is 8.10. The maximum Gasteiger partial charge on any atom is 0.406 e. The molecule has 4 rings (SSSR count). The predicted octanol–water partition coefficient (Wildman–Crippen LogP) is 5.03. The summed E-state index contributed by atoms with van der Waals surface area (Å²) in [4.78, 5) is 25.1. The average molecular weight is 558 g/mol. The Kier molecular flexibility index (Phi) is 10.9. The maximum absolute atomic E-state index is 13.6. The standard InChI is InChI=1S/C30H40ClN3O5/c1-32-19-24(15-20-7-4-3-5-8-20)34-29(35)22-17-26(25-11-13-38-27(25)18-22)28(21-9-6-10-23(31)16-21)39-14-12-33-30(36)37-2/h6,9-10,16-18,20,24,28,32H,3-5,7-8,11-15,19H2,1-2H3,(H,33,36)(H,34,35)/t24-,28?/m0/s1. The number of amides is 2. The minimum Gasteiger partial charge on any atom is -0.493 e. The number of methoxy groups -OCH3 is 1. The molecule has 0 radical (unpaired) electrons. The molecule has 1 aliphatic heterocycles. The number of fused-ring (bicyclic) bond motifs is 1. The number of likely N-dealkylation sites (N-methyl/N-ethyl adjacent to an activating group) is 1. The lowest BCUT2D eigenvalue weighted by Crippen LogP contribution is -2.42. The molecule has 1 unspecified atom stereocenters. The van der Waals surface area contributed by atoms with Crippen LogP contribution in [0.1, 0.15) is 71.7 Å². The van der Waals surface area contributed by atoms with Gasteiger partial charge in [0.25, 0.3) is 5.91 Å². The molecule has 212 valence electrons. The molecule has 2 aromatic rings. The molecule has 1 saturated carbocycles. The molecule has 0 bridgehead atoms. The maximum atomic E-state index is 13.6. The third-order valence-corrected chi connectivity index (χ3v) is 7.75. The molecule has 2 amide bonds. The van der Waals surface area contributed by atoms with Gasteiger partial charge in [0, 0.05) is 41.7 Å². The van der Waals surface area contributed by atoms with Crippen molar-refractivity contribution < 1.29 is 23.8 Å². The first-order valence-corrected chi connectivity index (χ1v) is 14.3. The van der Waals surface area contributed by atoms with E-state index in [0.29, 0.717) is 28.9 Å². The van der Waals surface area contributed by atoms with Gasteiger partial charge < -0.3 is 30.2 Å². The Morgan fingerprint density at radius 2 is 1.97 bits per heavy atom. The van der Waals surface area contributed by atoms with Crippen molar-refractivity contribution in [3.63, 3.8) is 0 Å². The van der Waals surface area contributed by atoms with E-state index in [-0.39, 0.29) is 25.1 Å². The quantitative estimate of drug-likeness (QED) is 0.317. The molecule has 8 nitrogen and oxygen atoms in total. The summed E-state index contributed by atoms with van der Waals surface area (Å²) in [5, 5.41) is 9.76. The van der Waals surface area contributed by atoms with Crippen molar-refractivity contribution in [2.24, 2.45) is 5.92 Å². The number of carbonyl (C=O) groups excluding carboxylic acids is 2. The molecule has 0 spiro atoms. The van der Waals surface area contributed by atoms with E-state index in [2.05, 4.69) is 20.7 Å². The molecule has 39 heavy (non-hydrogen) atoms. The van der Waals surface area contributed by atoms with Crippen LogP contribution in [0.4, 0.5) is 4.79 Å². The average Bonchev–Trinajstić information content (AvgIpc) is 3.42. The van der Waals surface area contributed by atoms with E-state index in [1.54, 1.807) is 0 Å². The van der Waals surface area contributed by atoms with E-state index >= 15 is 0 Å². The molecule has 1 aliphatic carbocycles. The van der Waals surface area contributed by atoms with Gasteiger partial charge in [0.05, 0.1) is 20.3 Å². The Morgan fingerprint density at radius 1 is 1.15 bits per heavy atom. The minimum absolute atomic E-state index is 0.0487. The summed E-state index contributed by atoms with van der Waals surface area (Å²) < 4.78 is 16.9. The molecule has 0 aromatic heterocycles. The van der Waals surface area contributed by atoms with Crippen LogP contribution in [0.15, 0.2) is 36.4 Å².